The molecule has 2 nitrogen and oxygen atoms in total. The highest BCUT2D eigenvalue weighted by atomic mass is 35.5. The summed E-state index contributed by atoms with van der Waals surface area (Å²) in [7, 11) is 0. The zero-order chi connectivity index (χ0) is 15.8. The summed E-state index contributed by atoms with van der Waals surface area (Å²) in [5.74, 6) is 0. The molecule has 3 aromatic rings. The summed E-state index contributed by atoms with van der Waals surface area (Å²) in [6.07, 6.45) is 3.65. The van der Waals surface area contributed by atoms with Gasteiger partial charge in [-0.2, -0.15) is 0 Å². The van der Waals surface area contributed by atoms with Crippen LogP contribution in [0.25, 0.3) is 10.9 Å². The number of hydrogen-bond acceptors (Lipinski definition) is 1. The topological polar surface area (TPSA) is 27.8 Å². The number of nitrogens with one attached hydrogen (secondary N) is 2. The summed E-state index contributed by atoms with van der Waals surface area (Å²) in [5.41, 5.74) is 6.90. The molecule has 0 bridgehead atoms. The minimum Gasteiger partial charge on any atom is -0.357 e. The Bertz CT molecular complexity index is 822. The third-order valence-electron chi connectivity index (χ3n) is 5.11. The molecule has 1 heterocycles. The molecule has 3 heteroatoms. The number of halogens is 1. The molecule has 2 N–H and O–H groups in total. The van der Waals surface area contributed by atoms with Crippen molar-refractivity contribution in [1.82, 2.24) is 10.3 Å². The average molecular weight is 341 g/mol. The van der Waals surface area contributed by atoms with Gasteiger partial charge in [-0.1, -0.05) is 42.0 Å². The summed E-state index contributed by atoms with van der Waals surface area (Å²) in [6, 6.07) is 18.2. The summed E-state index contributed by atoms with van der Waals surface area (Å²) >= 11 is 0. The van der Waals surface area contributed by atoms with Gasteiger partial charge in [0.05, 0.1) is 0 Å². The van der Waals surface area contributed by atoms with E-state index in [1.54, 1.807) is 0 Å². The van der Waals surface area contributed by atoms with Gasteiger partial charge in [0.1, 0.15) is 0 Å². The lowest BCUT2D eigenvalue weighted by Crippen LogP contribution is -2.27. The molecule has 0 fully saturated rings. The van der Waals surface area contributed by atoms with Crippen LogP contribution in [0.5, 0.6) is 0 Å². The van der Waals surface area contributed by atoms with Crippen molar-refractivity contribution >= 4 is 23.3 Å². The minimum atomic E-state index is 0. The fourth-order valence-electron chi connectivity index (χ4n) is 3.88. The maximum absolute atomic E-state index is 3.84. The highest BCUT2D eigenvalue weighted by Crippen LogP contribution is 2.36. The zero-order valence-electron chi connectivity index (χ0n) is 14.3. The number of hydrogen-bond donors (Lipinski definition) is 2. The normalized spacial score (nSPS) is 18.0. The first-order valence-corrected chi connectivity index (χ1v) is 8.64. The molecule has 1 aromatic heterocycles. The maximum Gasteiger partial charge on any atom is 0.0480 e. The van der Waals surface area contributed by atoms with E-state index < -0.39 is 0 Å². The average Bonchev–Trinajstić information content (AvgIpc) is 2.95. The van der Waals surface area contributed by atoms with Gasteiger partial charge in [0.2, 0.25) is 0 Å². The van der Waals surface area contributed by atoms with Gasteiger partial charge >= 0.3 is 0 Å². The second-order valence-electron chi connectivity index (χ2n) is 6.81. The maximum atomic E-state index is 3.84. The van der Waals surface area contributed by atoms with Crippen LogP contribution >= 0.6 is 12.4 Å². The fourth-order valence-corrected chi connectivity index (χ4v) is 3.88. The van der Waals surface area contributed by atoms with E-state index in [0.717, 1.165) is 0 Å². The van der Waals surface area contributed by atoms with E-state index in [1.807, 2.05) is 0 Å². The lowest BCUT2D eigenvalue weighted by Gasteiger charge is -2.27. The zero-order valence-corrected chi connectivity index (χ0v) is 15.1. The van der Waals surface area contributed by atoms with E-state index in [-0.39, 0.29) is 12.4 Å². The second kappa shape index (κ2) is 7.00. The summed E-state index contributed by atoms with van der Waals surface area (Å²) in [6.45, 7) is 4.44. The van der Waals surface area contributed by atoms with E-state index >= 15 is 0 Å². The van der Waals surface area contributed by atoms with Crippen LogP contribution in [0.1, 0.15) is 54.2 Å². The molecule has 2 atom stereocenters. The molecular weight excluding hydrogens is 316 g/mol. The van der Waals surface area contributed by atoms with Crippen LogP contribution in [-0.2, 0) is 6.42 Å². The highest BCUT2D eigenvalue weighted by Gasteiger charge is 2.25. The van der Waals surface area contributed by atoms with Crippen LogP contribution in [0.4, 0.5) is 0 Å². The SMILES string of the molecule is Cc1ccc2[nH]c3c(c2c1)CCC[C@@H]3N[C@H](C)c1ccccc1.Cl. The number of aryl methyl sites for hydroxylation is 2. The van der Waals surface area contributed by atoms with Gasteiger partial charge in [-0.15, -0.1) is 12.4 Å². The first-order chi connectivity index (χ1) is 11.2. The summed E-state index contributed by atoms with van der Waals surface area (Å²) < 4.78 is 0. The Balaban J connectivity index is 0.00000169. The quantitative estimate of drug-likeness (QED) is 0.635. The van der Waals surface area contributed by atoms with Gasteiger partial charge in [-0.05, 0) is 56.4 Å². The Morgan fingerprint density at radius 1 is 1.12 bits per heavy atom. The Labute approximate surface area is 150 Å². The number of H-pyrrole nitrogens is 1. The van der Waals surface area contributed by atoms with Crippen molar-refractivity contribution in [2.75, 3.05) is 0 Å². The monoisotopic (exact) mass is 340 g/mol. The van der Waals surface area contributed by atoms with Crippen LogP contribution in [0.15, 0.2) is 48.5 Å². The lowest BCUT2D eigenvalue weighted by molar-refractivity contribution is 0.410. The molecule has 0 unspecified atom stereocenters. The van der Waals surface area contributed by atoms with Crippen molar-refractivity contribution < 1.29 is 0 Å². The molecular formula is C21H25ClN2. The number of fused-ring (bicyclic) bond motifs is 3. The third kappa shape index (κ3) is 3.09. The van der Waals surface area contributed by atoms with E-state index in [1.165, 1.54) is 52.5 Å². The van der Waals surface area contributed by atoms with Gasteiger partial charge in [0.15, 0.2) is 0 Å². The third-order valence-corrected chi connectivity index (χ3v) is 5.11. The van der Waals surface area contributed by atoms with Crippen LogP contribution < -0.4 is 5.32 Å². The molecule has 1 aliphatic rings. The Morgan fingerprint density at radius 2 is 1.92 bits per heavy atom. The molecule has 0 radical (unpaired) electrons. The van der Waals surface area contributed by atoms with Crippen LogP contribution in [0, 0.1) is 6.92 Å². The fraction of sp³-hybridized carbons (Fsp3) is 0.333. The van der Waals surface area contributed by atoms with Gasteiger partial charge in [-0.25, -0.2) is 0 Å². The second-order valence-corrected chi connectivity index (χ2v) is 6.81. The molecule has 126 valence electrons. The first-order valence-electron chi connectivity index (χ1n) is 8.64. The smallest absolute Gasteiger partial charge is 0.0480 e. The van der Waals surface area contributed by atoms with Crippen molar-refractivity contribution in [2.45, 2.75) is 45.2 Å². The molecule has 0 spiro atoms. The van der Waals surface area contributed by atoms with Crippen molar-refractivity contribution in [2.24, 2.45) is 0 Å². The van der Waals surface area contributed by atoms with Crippen LogP contribution in [-0.4, -0.2) is 4.98 Å². The van der Waals surface area contributed by atoms with Gasteiger partial charge in [0, 0.05) is 28.7 Å². The highest BCUT2D eigenvalue weighted by molar-refractivity contribution is 5.86. The Hall–Kier alpha value is -1.77. The molecule has 24 heavy (non-hydrogen) atoms. The molecule has 1 aliphatic carbocycles. The molecule has 2 aromatic carbocycles. The minimum absolute atomic E-state index is 0. The van der Waals surface area contributed by atoms with Crippen molar-refractivity contribution in [3.8, 4) is 0 Å². The van der Waals surface area contributed by atoms with E-state index in [0.29, 0.717) is 12.1 Å². The number of aromatic nitrogens is 1. The van der Waals surface area contributed by atoms with Gasteiger partial charge < -0.3 is 10.3 Å². The molecule has 0 aliphatic heterocycles. The van der Waals surface area contributed by atoms with E-state index in [9.17, 15) is 0 Å². The van der Waals surface area contributed by atoms with Crippen molar-refractivity contribution in [1.29, 1.82) is 0 Å². The van der Waals surface area contributed by atoms with Crippen molar-refractivity contribution in [3.05, 3.63) is 70.9 Å². The predicted octanol–water partition coefficient (Wildman–Crippen LogP) is 5.63. The first kappa shape index (κ1) is 17.1. The summed E-state index contributed by atoms with van der Waals surface area (Å²) in [4.78, 5) is 3.69. The van der Waals surface area contributed by atoms with Gasteiger partial charge in [-0.3, -0.25) is 0 Å². The van der Waals surface area contributed by atoms with E-state index in [2.05, 4.69) is 72.7 Å². The standard InChI is InChI=1S/C21H24N2.ClH/c1-14-11-12-19-18(13-14)17-9-6-10-20(21(17)23-19)22-15(2)16-7-4-3-5-8-16;/h3-5,7-8,11-13,15,20,22-23H,6,9-10H2,1-2H3;1H/t15-,20+;/m1./s1. The van der Waals surface area contributed by atoms with Crippen LogP contribution in [0.3, 0.4) is 0 Å². The number of rotatable bonds is 3. The molecule has 0 saturated heterocycles. The molecule has 0 saturated carbocycles. The molecule has 4 rings (SSSR count). The summed E-state index contributed by atoms with van der Waals surface area (Å²) in [5, 5.41) is 5.25. The lowest BCUT2D eigenvalue weighted by atomic mass is 9.90. The van der Waals surface area contributed by atoms with Gasteiger partial charge in [0.25, 0.3) is 0 Å². The number of benzene rings is 2. The molecule has 0 amide bonds. The van der Waals surface area contributed by atoms with E-state index in [4.69, 9.17) is 0 Å². The van der Waals surface area contributed by atoms with Crippen molar-refractivity contribution in [3.63, 3.8) is 0 Å². The largest absolute Gasteiger partial charge is 0.357 e. The predicted molar refractivity (Wildman–Crippen MR) is 104 cm³/mol. The number of aromatic amines is 1. The Kier molecular flexibility index (Phi) is 4.98. The van der Waals surface area contributed by atoms with Crippen LogP contribution in [0.2, 0.25) is 0 Å². The Morgan fingerprint density at radius 3 is 2.71 bits per heavy atom.